The second-order valence-electron chi connectivity index (χ2n) is 8.35. The first kappa shape index (κ1) is 23.4. The van der Waals surface area contributed by atoms with Gasteiger partial charge in [0, 0.05) is 11.6 Å². The second-order valence-corrected chi connectivity index (χ2v) is 9.21. The number of aliphatic hydroxyl groups is 1. The third-order valence-corrected chi connectivity index (χ3v) is 6.98. The number of hydrogen-bond donors (Lipinski definition) is 1. The maximum Gasteiger partial charge on any atom is 0.295 e. The molecule has 2 aliphatic rings. The molecule has 174 valence electrons. The fourth-order valence-electron chi connectivity index (χ4n) is 4.82. The van der Waals surface area contributed by atoms with Gasteiger partial charge in [-0.2, -0.15) is 0 Å². The Bertz CT molecular complexity index is 1090. The van der Waals surface area contributed by atoms with E-state index in [9.17, 15) is 14.7 Å². The van der Waals surface area contributed by atoms with E-state index >= 15 is 0 Å². The van der Waals surface area contributed by atoms with Gasteiger partial charge in [-0.05, 0) is 71.6 Å². The summed E-state index contributed by atoms with van der Waals surface area (Å²) in [5.74, 6) is -0.131. The highest BCUT2D eigenvalue weighted by atomic mass is 79.9. The van der Waals surface area contributed by atoms with Crippen LogP contribution in [-0.2, 0) is 9.59 Å². The van der Waals surface area contributed by atoms with Crippen molar-refractivity contribution in [2.24, 2.45) is 0 Å². The number of nitrogens with zero attached hydrogens (tertiary/aromatic N) is 1. The van der Waals surface area contributed by atoms with Crippen LogP contribution in [0.3, 0.4) is 0 Å². The van der Waals surface area contributed by atoms with E-state index in [1.54, 1.807) is 30.2 Å². The zero-order chi connectivity index (χ0) is 23.5. The van der Waals surface area contributed by atoms with Crippen molar-refractivity contribution in [1.82, 2.24) is 4.90 Å². The minimum absolute atomic E-state index is 0.0381. The lowest BCUT2D eigenvalue weighted by molar-refractivity contribution is -0.141. The van der Waals surface area contributed by atoms with Gasteiger partial charge in [-0.25, -0.2) is 0 Å². The summed E-state index contributed by atoms with van der Waals surface area (Å²) in [5.41, 5.74) is 1.30. The number of amides is 1. The highest BCUT2D eigenvalue weighted by molar-refractivity contribution is 9.10. The molecule has 6 nitrogen and oxygen atoms in total. The number of likely N-dealkylation sites (tertiary alicyclic amines) is 1. The molecule has 4 rings (SSSR count). The van der Waals surface area contributed by atoms with Crippen molar-refractivity contribution in [2.75, 3.05) is 13.7 Å². The van der Waals surface area contributed by atoms with Gasteiger partial charge in [0.05, 0.1) is 29.8 Å². The summed E-state index contributed by atoms with van der Waals surface area (Å²) in [6, 6.07) is 11.8. The normalized spacial score (nSPS) is 20.8. The van der Waals surface area contributed by atoms with Crippen LogP contribution in [0.1, 0.15) is 56.2 Å². The molecule has 0 aromatic heterocycles. The summed E-state index contributed by atoms with van der Waals surface area (Å²) in [6.07, 6.45) is 4.87. The second kappa shape index (κ2) is 10.00. The highest BCUT2D eigenvalue weighted by Gasteiger charge is 2.49. The summed E-state index contributed by atoms with van der Waals surface area (Å²) in [6.45, 7) is 2.41. The number of hydrogen-bond acceptors (Lipinski definition) is 5. The molecule has 2 fully saturated rings. The molecular formula is C26H28BrNO5. The molecule has 0 radical (unpaired) electrons. The summed E-state index contributed by atoms with van der Waals surface area (Å²) in [4.78, 5) is 28.3. The standard InChI is InChI=1S/C26H28BrNO5/c1-3-33-19-11-7-8-16(14-19)23-22(24(29)17-12-13-21(32-2)20(27)15-17)25(30)26(31)28(23)18-9-5-4-6-10-18/h7-8,11-15,18,23,29H,3-6,9-10H2,1-2H3/b24-22+. The Kier molecular flexibility index (Phi) is 7.08. The van der Waals surface area contributed by atoms with Crippen LogP contribution in [0.15, 0.2) is 52.5 Å². The van der Waals surface area contributed by atoms with Crippen molar-refractivity contribution in [3.63, 3.8) is 0 Å². The topological polar surface area (TPSA) is 76.1 Å². The molecule has 2 aromatic carbocycles. The first-order valence-electron chi connectivity index (χ1n) is 11.3. The van der Waals surface area contributed by atoms with Gasteiger partial charge in [-0.15, -0.1) is 0 Å². The molecule has 0 bridgehead atoms. The lowest BCUT2D eigenvalue weighted by atomic mass is 9.91. The van der Waals surface area contributed by atoms with Crippen LogP contribution in [0.4, 0.5) is 0 Å². The lowest BCUT2D eigenvalue weighted by Crippen LogP contribution is -2.40. The van der Waals surface area contributed by atoms with Gasteiger partial charge in [0.2, 0.25) is 0 Å². The molecule has 33 heavy (non-hydrogen) atoms. The van der Waals surface area contributed by atoms with Crippen LogP contribution >= 0.6 is 15.9 Å². The molecule has 1 amide bonds. The lowest BCUT2D eigenvalue weighted by Gasteiger charge is -2.35. The van der Waals surface area contributed by atoms with Crippen molar-refractivity contribution < 1.29 is 24.2 Å². The van der Waals surface area contributed by atoms with Crippen molar-refractivity contribution in [2.45, 2.75) is 51.1 Å². The quantitative estimate of drug-likeness (QED) is 0.308. The predicted octanol–water partition coefficient (Wildman–Crippen LogP) is 5.61. The summed E-state index contributed by atoms with van der Waals surface area (Å²) < 4.78 is 11.6. The maximum atomic E-state index is 13.3. The van der Waals surface area contributed by atoms with E-state index in [4.69, 9.17) is 9.47 Å². The van der Waals surface area contributed by atoms with E-state index in [1.807, 2.05) is 31.2 Å². The van der Waals surface area contributed by atoms with E-state index in [0.29, 0.717) is 28.1 Å². The fourth-order valence-corrected chi connectivity index (χ4v) is 5.36. The van der Waals surface area contributed by atoms with Crippen LogP contribution in [0.5, 0.6) is 11.5 Å². The van der Waals surface area contributed by atoms with Gasteiger partial charge in [0.15, 0.2) is 0 Å². The molecule has 1 aliphatic heterocycles. The van der Waals surface area contributed by atoms with Crippen LogP contribution < -0.4 is 9.47 Å². The first-order valence-corrected chi connectivity index (χ1v) is 12.1. The number of carbonyl (C=O) groups excluding carboxylic acids is 2. The van der Waals surface area contributed by atoms with Gasteiger partial charge in [-0.3, -0.25) is 9.59 Å². The predicted molar refractivity (Wildman–Crippen MR) is 129 cm³/mol. The summed E-state index contributed by atoms with van der Waals surface area (Å²) in [5, 5.41) is 11.3. The molecule has 1 aliphatic carbocycles. The van der Waals surface area contributed by atoms with Crippen LogP contribution in [0.25, 0.3) is 5.76 Å². The van der Waals surface area contributed by atoms with Gasteiger partial charge in [0.25, 0.3) is 11.7 Å². The molecule has 7 heteroatoms. The van der Waals surface area contributed by atoms with Crippen molar-refractivity contribution in [3.05, 3.63) is 63.6 Å². The van der Waals surface area contributed by atoms with Crippen LogP contribution in [-0.4, -0.2) is 41.5 Å². The molecule has 1 atom stereocenters. The van der Waals surface area contributed by atoms with E-state index in [1.165, 1.54) is 0 Å². The van der Waals surface area contributed by atoms with Gasteiger partial charge in [0.1, 0.15) is 17.3 Å². The molecular weight excluding hydrogens is 486 g/mol. The zero-order valence-corrected chi connectivity index (χ0v) is 20.4. The Hall–Kier alpha value is -2.80. The molecule has 1 saturated carbocycles. The maximum absolute atomic E-state index is 13.3. The van der Waals surface area contributed by atoms with Crippen molar-refractivity contribution in [3.8, 4) is 11.5 Å². The summed E-state index contributed by atoms with van der Waals surface area (Å²) in [7, 11) is 1.56. The summed E-state index contributed by atoms with van der Waals surface area (Å²) >= 11 is 3.43. The Morgan fingerprint density at radius 1 is 1.12 bits per heavy atom. The Morgan fingerprint density at radius 2 is 1.88 bits per heavy atom. The minimum Gasteiger partial charge on any atom is -0.507 e. The third kappa shape index (κ3) is 4.51. The number of aliphatic hydroxyl groups excluding tert-OH is 1. The van der Waals surface area contributed by atoms with E-state index in [2.05, 4.69) is 15.9 Å². The molecule has 0 spiro atoms. The number of methoxy groups -OCH3 is 1. The van der Waals surface area contributed by atoms with E-state index < -0.39 is 17.7 Å². The number of ether oxygens (including phenoxy) is 2. The number of Topliss-reactive ketones (excluding diaryl/α,β-unsaturated/α-hetero) is 1. The number of rotatable bonds is 6. The molecule has 1 N–H and O–H groups in total. The molecule has 1 unspecified atom stereocenters. The molecule has 1 heterocycles. The van der Waals surface area contributed by atoms with Crippen LogP contribution in [0, 0.1) is 0 Å². The minimum atomic E-state index is -0.672. The highest BCUT2D eigenvalue weighted by Crippen LogP contribution is 2.44. The average Bonchev–Trinajstić information content (AvgIpc) is 3.10. The van der Waals surface area contributed by atoms with Crippen LogP contribution in [0.2, 0.25) is 0 Å². The Labute approximate surface area is 202 Å². The number of carbonyl (C=O) groups is 2. The SMILES string of the molecule is CCOc1cccc(C2/C(=C(\O)c3ccc(OC)c(Br)c3)C(=O)C(=O)N2C2CCCCC2)c1. The largest absolute Gasteiger partial charge is 0.507 e. The van der Waals surface area contributed by atoms with Crippen molar-refractivity contribution >= 4 is 33.4 Å². The fraction of sp³-hybridized carbons (Fsp3) is 0.385. The Balaban J connectivity index is 1.87. The Morgan fingerprint density at radius 3 is 2.55 bits per heavy atom. The van der Waals surface area contributed by atoms with Gasteiger partial charge < -0.3 is 19.5 Å². The average molecular weight is 514 g/mol. The van der Waals surface area contributed by atoms with E-state index in [-0.39, 0.29) is 17.4 Å². The smallest absolute Gasteiger partial charge is 0.295 e. The third-order valence-electron chi connectivity index (χ3n) is 6.36. The van der Waals surface area contributed by atoms with Gasteiger partial charge >= 0.3 is 0 Å². The van der Waals surface area contributed by atoms with E-state index in [0.717, 1.165) is 37.7 Å². The first-order chi connectivity index (χ1) is 16.0. The molecule has 2 aromatic rings. The number of halogens is 1. The zero-order valence-electron chi connectivity index (χ0n) is 18.8. The molecule has 1 saturated heterocycles. The van der Waals surface area contributed by atoms with Crippen molar-refractivity contribution in [1.29, 1.82) is 0 Å². The number of ketones is 1. The monoisotopic (exact) mass is 513 g/mol. The van der Waals surface area contributed by atoms with Gasteiger partial charge in [-0.1, -0.05) is 31.4 Å². The number of benzene rings is 2.